The molecular weight excluding hydrogens is 345 g/mol. The summed E-state index contributed by atoms with van der Waals surface area (Å²) in [5.74, 6) is -0.199. The van der Waals surface area contributed by atoms with Crippen LogP contribution >= 0.6 is 0 Å². The lowest BCUT2D eigenvalue weighted by Crippen LogP contribution is -2.55. The number of hydrogen-bond donors (Lipinski definition) is 1. The Morgan fingerprint density at radius 1 is 1.33 bits per heavy atom. The molecule has 1 aromatic heterocycles. The quantitative estimate of drug-likeness (QED) is 0.878. The SMILES string of the molecule is C[C@@]12C[C@H]3CN(C(=O)c4cc(-c5cccc(F)c5)no4)[C@@H]1CCCC[C@@H]2N3. The molecule has 5 rings (SSSR count). The number of aromatic nitrogens is 1. The van der Waals surface area contributed by atoms with E-state index < -0.39 is 0 Å². The molecule has 1 aromatic carbocycles. The van der Waals surface area contributed by atoms with Crippen LogP contribution in [0, 0.1) is 11.2 Å². The molecule has 1 amide bonds. The molecule has 27 heavy (non-hydrogen) atoms. The molecule has 2 aliphatic heterocycles. The summed E-state index contributed by atoms with van der Waals surface area (Å²) in [5, 5.41) is 7.76. The first kappa shape index (κ1) is 16.9. The normalized spacial score (nSPS) is 32.4. The second-order valence-corrected chi connectivity index (χ2v) is 8.47. The Labute approximate surface area is 157 Å². The smallest absolute Gasteiger partial charge is 0.292 e. The molecule has 3 aliphatic rings. The Morgan fingerprint density at radius 3 is 3.04 bits per heavy atom. The number of carbonyl (C=O) groups is 1. The number of nitrogens with zero attached hydrogens (tertiary/aromatic N) is 2. The van der Waals surface area contributed by atoms with Crippen molar-refractivity contribution < 1.29 is 13.7 Å². The van der Waals surface area contributed by atoms with Gasteiger partial charge in [-0.25, -0.2) is 4.39 Å². The van der Waals surface area contributed by atoms with Crippen molar-refractivity contribution in [3.05, 3.63) is 41.9 Å². The van der Waals surface area contributed by atoms with Crippen LogP contribution in [-0.4, -0.2) is 40.6 Å². The summed E-state index contributed by atoms with van der Waals surface area (Å²) in [6, 6.07) is 8.88. The van der Waals surface area contributed by atoms with Crippen molar-refractivity contribution in [3.8, 4) is 11.3 Å². The first-order valence-electron chi connectivity index (χ1n) is 9.84. The molecule has 3 fully saturated rings. The van der Waals surface area contributed by atoms with Crippen LogP contribution in [0.4, 0.5) is 4.39 Å². The number of fused-ring (bicyclic) bond motifs is 1. The molecule has 2 bridgehead atoms. The number of piperidine rings is 1. The van der Waals surface area contributed by atoms with Crippen molar-refractivity contribution >= 4 is 5.91 Å². The largest absolute Gasteiger partial charge is 0.350 e. The fourth-order valence-corrected chi connectivity index (χ4v) is 5.52. The zero-order valence-electron chi connectivity index (χ0n) is 15.5. The van der Waals surface area contributed by atoms with Gasteiger partial charge in [-0.15, -0.1) is 0 Å². The maximum Gasteiger partial charge on any atom is 0.292 e. The highest BCUT2D eigenvalue weighted by atomic mass is 19.1. The van der Waals surface area contributed by atoms with Gasteiger partial charge in [-0.2, -0.15) is 0 Å². The van der Waals surface area contributed by atoms with E-state index in [4.69, 9.17) is 4.52 Å². The van der Waals surface area contributed by atoms with Crippen LogP contribution < -0.4 is 5.32 Å². The van der Waals surface area contributed by atoms with Crippen molar-refractivity contribution in [2.45, 2.75) is 57.2 Å². The monoisotopic (exact) mass is 369 g/mol. The fraction of sp³-hybridized carbons (Fsp3) is 0.524. The van der Waals surface area contributed by atoms with Gasteiger partial charge < -0.3 is 14.7 Å². The van der Waals surface area contributed by atoms with Crippen LogP contribution in [0.25, 0.3) is 11.3 Å². The summed E-state index contributed by atoms with van der Waals surface area (Å²) in [6.07, 6.45) is 5.73. The number of carbonyl (C=O) groups excluding carboxylic acids is 1. The van der Waals surface area contributed by atoms with E-state index in [1.54, 1.807) is 18.2 Å². The number of hydrogen-bond acceptors (Lipinski definition) is 4. The van der Waals surface area contributed by atoms with Gasteiger partial charge in [0.25, 0.3) is 5.91 Å². The van der Waals surface area contributed by atoms with E-state index in [1.807, 2.05) is 4.90 Å². The van der Waals surface area contributed by atoms with Gasteiger partial charge in [-0.1, -0.05) is 37.1 Å². The van der Waals surface area contributed by atoms with Crippen LogP contribution in [0.15, 0.2) is 34.9 Å². The van der Waals surface area contributed by atoms with Gasteiger partial charge in [0.15, 0.2) is 0 Å². The Morgan fingerprint density at radius 2 is 2.19 bits per heavy atom. The van der Waals surface area contributed by atoms with Crippen LogP contribution in [0.2, 0.25) is 0 Å². The zero-order valence-corrected chi connectivity index (χ0v) is 15.5. The second-order valence-electron chi connectivity index (χ2n) is 8.47. The predicted octanol–water partition coefficient (Wildman–Crippen LogP) is 3.62. The minimum Gasteiger partial charge on any atom is -0.350 e. The minimum atomic E-state index is -0.334. The standard InChI is InChI=1S/C21H24FN3O2/c1-21-11-15-12-25(19(21)8-3-2-7-18(21)23-15)20(26)17-10-16(24-27-17)13-5-4-6-14(22)9-13/h4-6,9-10,15,18-19,23H,2-3,7-8,11-12H2,1H3/t15-,18-,19+,21-/m0/s1. The van der Waals surface area contributed by atoms with Gasteiger partial charge in [0.1, 0.15) is 11.5 Å². The summed E-state index contributed by atoms with van der Waals surface area (Å²) >= 11 is 0. The lowest BCUT2D eigenvalue weighted by molar-refractivity contribution is 0.0252. The van der Waals surface area contributed by atoms with Crippen LogP contribution in [0.5, 0.6) is 0 Å². The molecule has 4 atom stereocenters. The van der Waals surface area contributed by atoms with Crippen LogP contribution in [0.3, 0.4) is 0 Å². The summed E-state index contributed by atoms with van der Waals surface area (Å²) in [7, 11) is 0. The molecule has 5 nitrogen and oxygen atoms in total. The van der Waals surface area contributed by atoms with E-state index in [2.05, 4.69) is 17.4 Å². The Hall–Kier alpha value is -2.21. The van der Waals surface area contributed by atoms with Crippen LogP contribution in [0.1, 0.15) is 49.6 Å². The first-order chi connectivity index (χ1) is 13.0. The fourth-order valence-electron chi connectivity index (χ4n) is 5.52. The molecule has 6 heteroatoms. The predicted molar refractivity (Wildman–Crippen MR) is 98.6 cm³/mol. The minimum absolute atomic E-state index is 0.101. The van der Waals surface area contributed by atoms with E-state index >= 15 is 0 Å². The Balaban J connectivity index is 1.44. The maximum absolute atomic E-state index is 13.5. The van der Waals surface area contributed by atoms with Gasteiger partial charge in [0, 0.05) is 41.7 Å². The van der Waals surface area contributed by atoms with Crippen LogP contribution in [-0.2, 0) is 0 Å². The third kappa shape index (κ3) is 2.69. The Bertz CT molecular complexity index is 882. The summed E-state index contributed by atoms with van der Waals surface area (Å²) < 4.78 is 18.9. The highest BCUT2D eigenvalue weighted by Gasteiger charge is 2.56. The third-order valence-electron chi connectivity index (χ3n) is 6.80. The molecule has 3 heterocycles. The zero-order chi connectivity index (χ0) is 18.6. The molecule has 0 radical (unpaired) electrons. The molecule has 1 aliphatic carbocycles. The van der Waals surface area contributed by atoms with E-state index in [9.17, 15) is 9.18 Å². The van der Waals surface area contributed by atoms with Gasteiger partial charge >= 0.3 is 0 Å². The van der Waals surface area contributed by atoms with Gasteiger partial charge in [0.05, 0.1) is 0 Å². The van der Waals surface area contributed by atoms with E-state index in [1.165, 1.54) is 25.0 Å². The average molecular weight is 369 g/mol. The van der Waals surface area contributed by atoms with Gasteiger partial charge in [0.2, 0.25) is 5.76 Å². The third-order valence-corrected chi connectivity index (χ3v) is 6.80. The van der Waals surface area contributed by atoms with Gasteiger partial charge in [-0.05, 0) is 31.4 Å². The number of halogens is 1. The lowest BCUT2D eigenvalue weighted by Gasteiger charge is -2.46. The maximum atomic E-state index is 13.5. The number of benzene rings is 1. The van der Waals surface area contributed by atoms with E-state index in [-0.39, 0.29) is 28.9 Å². The van der Waals surface area contributed by atoms with Crippen molar-refractivity contribution in [3.63, 3.8) is 0 Å². The summed E-state index contributed by atoms with van der Waals surface area (Å²) in [5.41, 5.74) is 1.22. The second kappa shape index (κ2) is 6.16. The topological polar surface area (TPSA) is 58.4 Å². The molecule has 142 valence electrons. The molecule has 2 aromatic rings. The van der Waals surface area contributed by atoms with Crippen molar-refractivity contribution in [2.24, 2.45) is 5.41 Å². The number of amides is 1. The van der Waals surface area contributed by atoms with Crippen molar-refractivity contribution in [2.75, 3.05) is 6.54 Å². The summed E-state index contributed by atoms with van der Waals surface area (Å²) in [6.45, 7) is 3.05. The lowest BCUT2D eigenvalue weighted by atomic mass is 9.71. The number of nitrogens with one attached hydrogen (secondary N) is 1. The molecule has 1 saturated carbocycles. The first-order valence-corrected chi connectivity index (χ1v) is 9.84. The van der Waals surface area contributed by atoms with E-state index in [0.29, 0.717) is 29.9 Å². The molecular formula is C21H24FN3O2. The van der Waals surface area contributed by atoms with Gasteiger partial charge in [-0.3, -0.25) is 4.79 Å². The van der Waals surface area contributed by atoms with Crippen molar-refractivity contribution in [1.82, 2.24) is 15.4 Å². The number of rotatable bonds is 2. The highest BCUT2D eigenvalue weighted by molar-refractivity contribution is 5.93. The highest BCUT2D eigenvalue weighted by Crippen LogP contribution is 2.49. The van der Waals surface area contributed by atoms with E-state index in [0.717, 1.165) is 19.3 Å². The molecule has 0 unspecified atom stereocenters. The average Bonchev–Trinajstić information content (AvgIpc) is 3.20. The van der Waals surface area contributed by atoms with Crippen molar-refractivity contribution in [1.29, 1.82) is 0 Å². The summed E-state index contributed by atoms with van der Waals surface area (Å²) in [4.78, 5) is 15.3. The molecule has 2 saturated heterocycles. The molecule has 0 spiro atoms. The molecule has 1 N–H and O–H groups in total. The number of likely N-dealkylation sites (tertiary alicyclic amines) is 1. The Kier molecular flexibility index (Phi) is 3.86.